The number of halogens is 2. The summed E-state index contributed by atoms with van der Waals surface area (Å²) in [6.07, 6.45) is 1.27. The van der Waals surface area contributed by atoms with E-state index >= 15 is 0 Å². The molecule has 0 aliphatic carbocycles. The molecule has 2 unspecified atom stereocenters. The first-order chi connectivity index (χ1) is 6.65. The smallest absolute Gasteiger partial charge is 0.0331 e. The Morgan fingerprint density at radius 3 is 2.93 bits per heavy atom. The van der Waals surface area contributed by atoms with Crippen LogP contribution in [0.5, 0.6) is 0 Å². The third-order valence-corrected chi connectivity index (χ3v) is 4.98. The van der Waals surface area contributed by atoms with E-state index in [1.807, 2.05) is 11.3 Å². The highest BCUT2D eigenvalue weighted by Crippen LogP contribution is 2.27. The molecule has 14 heavy (non-hydrogen) atoms. The number of rotatable bonds is 2. The Morgan fingerprint density at radius 1 is 1.64 bits per heavy atom. The van der Waals surface area contributed by atoms with Crippen LogP contribution in [0.2, 0.25) is 0 Å². The van der Waals surface area contributed by atoms with Gasteiger partial charge in [-0.3, -0.25) is 4.90 Å². The van der Waals surface area contributed by atoms with Gasteiger partial charge in [-0.15, -0.1) is 11.3 Å². The zero-order valence-corrected chi connectivity index (χ0v) is 12.0. The summed E-state index contributed by atoms with van der Waals surface area (Å²) in [5.41, 5.74) is 0. The second kappa shape index (κ2) is 4.64. The molecule has 1 nitrogen and oxygen atoms in total. The number of alkyl halides is 1. The summed E-state index contributed by atoms with van der Waals surface area (Å²) < 4.78 is 1.21. The lowest BCUT2D eigenvalue weighted by Crippen LogP contribution is -2.26. The Kier molecular flexibility index (Phi) is 3.68. The van der Waals surface area contributed by atoms with Crippen molar-refractivity contribution >= 4 is 43.2 Å². The highest BCUT2D eigenvalue weighted by atomic mass is 79.9. The number of hydrogen-bond acceptors (Lipinski definition) is 2. The minimum atomic E-state index is 0.681. The first-order valence-electron chi connectivity index (χ1n) is 4.76. The van der Waals surface area contributed by atoms with Crippen molar-refractivity contribution in [3.05, 3.63) is 20.8 Å². The molecule has 1 saturated heterocycles. The molecule has 0 bridgehead atoms. The van der Waals surface area contributed by atoms with Crippen molar-refractivity contribution in [2.45, 2.75) is 30.8 Å². The molecule has 1 aliphatic heterocycles. The molecule has 0 spiro atoms. The lowest BCUT2D eigenvalue weighted by atomic mass is 10.2. The minimum Gasteiger partial charge on any atom is -0.294 e. The second-order valence-corrected chi connectivity index (χ2v) is 7.05. The maximum Gasteiger partial charge on any atom is 0.0331 e. The summed E-state index contributed by atoms with van der Waals surface area (Å²) in [6, 6.07) is 2.93. The van der Waals surface area contributed by atoms with Gasteiger partial charge in [-0.05, 0) is 35.3 Å². The molecule has 1 aliphatic rings. The molecule has 1 aromatic heterocycles. The fourth-order valence-electron chi connectivity index (χ4n) is 1.89. The van der Waals surface area contributed by atoms with Crippen LogP contribution < -0.4 is 0 Å². The summed E-state index contributed by atoms with van der Waals surface area (Å²) in [6.45, 7) is 4.58. The third-order valence-electron chi connectivity index (χ3n) is 2.63. The van der Waals surface area contributed by atoms with E-state index in [2.05, 4.69) is 55.1 Å². The number of hydrogen-bond donors (Lipinski definition) is 0. The molecule has 78 valence electrons. The molecule has 0 saturated carbocycles. The normalized spacial score (nSPS) is 28.5. The predicted molar refractivity (Wildman–Crippen MR) is 69.2 cm³/mol. The fourth-order valence-corrected chi connectivity index (χ4v) is 4.27. The summed E-state index contributed by atoms with van der Waals surface area (Å²) in [7, 11) is 0. The van der Waals surface area contributed by atoms with Crippen molar-refractivity contribution in [3.63, 3.8) is 0 Å². The van der Waals surface area contributed by atoms with Gasteiger partial charge < -0.3 is 0 Å². The largest absolute Gasteiger partial charge is 0.294 e. The van der Waals surface area contributed by atoms with Gasteiger partial charge in [-0.1, -0.05) is 15.9 Å². The van der Waals surface area contributed by atoms with E-state index in [-0.39, 0.29) is 0 Å². The molecule has 0 aromatic carbocycles. The van der Waals surface area contributed by atoms with Crippen LogP contribution in [-0.4, -0.2) is 22.3 Å². The van der Waals surface area contributed by atoms with Gasteiger partial charge in [0.25, 0.3) is 0 Å². The van der Waals surface area contributed by atoms with Gasteiger partial charge >= 0.3 is 0 Å². The SMILES string of the molecule is CC1CC(Br)CN1Cc1cc(Br)cs1. The van der Waals surface area contributed by atoms with E-state index in [1.54, 1.807) is 0 Å². The lowest BCUT2D eigenvalue weighted by Gasteiger charge is -2.19. The van der Waals surface area contributed by atoms with Gasteiger partial charge in [0.05, 0.1) is 0 Å². The van der Waals surface area contributed by atoms with Crippen molar-refractivity contribution in [3.8, 4) is 0 Å². The van der Waals surface area contributed by atoms with Crippen LogP contribution in [-0.2, 0) is 6.54 Å². The second-order valence-electron chi connectivity index (χ2n) is 3.84. The summed E-state index contributed by atoms with van der Waals surface area (Å²) in [5.74, 6) is 0. The maximum atomic E-state index is 3.69. The molecular weight excluding hydrogens is 326 g/mol. The van der Waals surface area contributed by atoms with E-state index in [0.717, 1.165) is 6.54 Å². The van der Waals surface area contributed by atoms with Gasteiger partial charge in [0, 0.05) is 38.7 Å². The lowest BCUT2D eigenvalue weighted by molar-refractivity contribution is 0.263. The van der Waals surface area contributed by atoms with Gasteiger partial charge in [-0.25, -0.2) is 0 Å². The van der Waals surface area contributed by atoms with Gasteiger partial charge in [0.1, 0.15) is 0 Å². The fraction of sp³-hybridized carbons (Fsp3) is 0.600. The van der Waals surface area contributed by atoms with Gasteiger partial charge in [-0.2, -0.15) is 0 Å². The van der Waals surface area contributed by atoms with Crippen LogP contribution in [0.15, 0.2) is 15.9 Å². The summed E-state index contributed by atoms with van der Waals surface area (Å²) >= 11 is 9.02. The minimum absolute atomic E-state index is 0.681. The first-order valence-corrected chi connectivity index (χ1v) is 7.35. The van der Waals surface area contributed by atoms with Crippen LogP contribution >= 0.6 is 43.2 Å². The van der Waals surface area contributed by atoms with Crippen molar-refractivity contribution in [2.75, 3.05) is 6.54 Å². The molecule has 0 radical (unpaired) electrons. The van der Waals surface area contributed by atoms with E-state index in [4.69, 9.17) is 0 Å². The standard InChI is InChI=1S/C10H13Br2NS/c1-7-2-8(11)4-13(7)5-10-3-9(12)6-14-10/h3,6-8H,2,4-5H2,1H3. The zero-order chi connectivity index (χ0) is 10.1. The van der Waals surface area contributed by atoms with Crippen molar-refractivity contribution in [1.29, 1.82) is 0 Å². The third kappa shape index (κ3) is 2.60. The molecule has 1 fully saturated rings. The average Bonchev–Trinajstić information content (AvgIpc) is 2.61. The van der Waals surface area contributed by atoms with Gasteiger partial charge in [0.2, 0.25) is 0 Å². The van der Waals surface area contributed by atoms with E-state index in [1.165, 1.54) is 22.3 Å². The predicted octanol–water partition coefficient (Wildman–Crippen LogP) is 3.87. The Morgan fingerprint density at radius 2 is 2.43 bits per heavy atom. The average molecular weight is 339 g/mol. The van der Waals surface area contributed by atoms with Crippen molar-refractivity contribution in [2.24, 2.45) is 0 Å². The van der Waals surface area contributed by atoms with Crippen LogP contribution in [0, 0.1) is 0 Å². The quantitative estimate of drug-likeness (QED) is 0.740. The molecule has 0 N–H and O–H groups in total. The van der Waals surface area contributed by atoms with Crippen LogP contribution in [0.3, 0.4) is 0 Å². The topological polar surface area (TPSA) is 3.24 Å². The highest BCUT2D eigenvalue weighted by Gasteiger charge is 2.27. The number of thiophene rings is 1. The number of nitrogens with zero attached hydrogens (tertiary/aromatic N) is 1. The molecule has 1 aromatic rings. The maximum absolute atomic E-state index is 3.69. The van der Waals surface area contributed by atoms with Crippen LogP contribution in [0.25, 0.3) is 0 Å². The molecule has 2 heterocycles. The Bertz CT molecular complexity index is 313. The molecule has 0 amide bonds. The molecule has 2 rings (SSSR count). The molecular formula is C10H13Br2NS. The monoisotopic (exact) mass is 337 g/mol. The molecule has 2 atom stereocenters. The van der Waals surface area contributed by atoms with E-state index < -0.39 is 0 Å². The summed E-state index contributed by atoms with van der Waals surface area (Å²) in [4.78, 5) is 4.67. The van der Waals surface area contributed by atoms with Crippen molar-refractivity contribution in [1.82, 2.24) is 4.90 Å². The van der Waals surface area contributed by atoms with Crippen LogP contribution in [0.1, 0.15) is 18.2 Å². The van der Waals surface area contributed by atoms with Crippen LogP contribution in [0.4, 0.5) is 0 Å². The molecule has 4 heteroatoms. The Labute approximate surface area is 106 Å². The van der Waals surface area contributed by atoms with E-state index in [0.29, 0.717) is 10.9 Å². The Hall–Kier alpha value is 0.620. The zero-order valence-electron chi connectivity index (χ0n) is 8.04. The number of likely N-dealkylation sites (tertiary alicyclic amines) is 1. The summed E-state index contributed by atoms with van der Waals surface area (Å²) in [5, 5.41) is 2.15. The van der Waals surface area contributed by atoms with Crippen molar-refractivity contribution < 1.29 is 0 Å². The first kappa shape index (κ1) is 11.1. The highest BCUT2D eigenvalue weighted by molar-refractivity contribution is 9.10. The Balaban J connectivity index is 1.98. The van der Waals surface area contributed by atoms with Gasteiger partial charge in [0.15, 0.2) is 0 Å². The van der Waals surface area contributed by atoms with E-state index in [9.17, 15) is 0 Å².